The second-order valence-corrected chi connectivity index (χ2v) is 6.35. The molecule has 1 aromatic heterocycles. The third kappa shape index (κ3) is 2.05. The lowest BCUT2D eigenvalue weighted by atomic mass is 9.98. The zero-order valence-electron chi connectivity index (χ0n) is 10.1. The van der Waals surface area contributed by atoms with Gasteiger partial charge in [-0.15, -0.1) is 11.3 Å². The van der Waals surface area contributed by atoms with Gasteiger partial charge in [-0.25, -0.2) is 0 Å². The van der Waals surface area contributed by atoms with Crippen molar-refractivity contribution >= 4 is 11.3 Å². The molecule has 1 saturated carbocycles. The van der Waals surface area contributed by atoms with Crippen LogP contribution in [0.2, 0.25) is 0 Å². The van der Waals surface area contributed by atoms with Crippen molar-refractivity contribution in [1.29, 1.82) is 0 Å². The van der Waals surface area contributed by atoms with E-state index in [0.29, 0.717) is 6.04 Å². The molecule has 88 valence electrons. The van der Waals surface area contributed by atoms with Crippen molar-refractivity contribution in [2.45, 2.75) is 51.5 Å². The van der Waals surface area contributed by atoms with Gasteiger partial charge in [0.15, 0.2) is 0 Å². The highest BCUT2D eigenvalue weighted by Gasteiger charge is 2.33. The second kappa shape index (κ2) is 4.50. The van der Waals surface area contributed by atoms with Crippen molar-refractivity contribution in [3.8, 4) is 0 Å². The summed E-state index contributed by atoms with van der Waals surface area (Å²) in [6, 6.07) is 3.17. The van der Waals surface area contributed by atoms with E-state index in [9.17, 15) is 0 Å². The van der Waals surface area contributed by atoms with Crippen molar-refractivity contribution < 1.29 is 0 Å². The van der Waals surface area contributed by atoms with Crippen LogP contribution < -0.4 is 5.32 Å². The van der Waals surface area contributed by atoms with E-state index in [1.54, 1.807) is 15.3 Å². The molecular weight excluding hydrogens is 214 g/mol. The molecule has 0 spiro atoms. The summed E-state index contributed by atoms with van der Waals surface area (Å²) >= 11 is 2.09. The third-order valence-corrected chi connectivity index (χ3v) is 5.16. The maximum atomic E-state index is 3.68. The largest absolute Gasteiger partial charge is 0.309 e. The van der Waals surface area contributed by atoms with E-state index in [4.69, 9.17) is 0 Å². The van der Waals surface area contributed by atoms with Gasteiger partial charge in [0.05, 0.1) is 0 Å². The van der Waals surface area contributed by atoms with Crippen molar-refractivity contribution in [2.75, 3.05) is 6.54 Å². The third-order valence-electron chi connectivity index (χ3n) is 3.84. The fraction of sp³-hybridized carbons (Fsp3) is 0.714. The van der Waals surface area contributed by atoms with Crippen molar-refractivity contribution in [2.24, 2.45) is 5.92 Å². The van der Waals surface area contributed by atoms with Crippen LogP contribution in [-0.4, -0.2) is 6.54 Å². The van der Waals surface area contributed by atoms with Crippen molar-refractivity contribution in [3.05, 3.63) is 21.4 Å². The number of fused-ring (bicyclic) bond motifs is 1. The number of rotatable bonds is 4. The Bertz CT molecular complexity index is 341. The molecule has 2 aliphatic rings. The molecule has 3 rings (SSSR count). The molecule has 1 heterocycles. The van der Waals surface area contributed by atoms with Gasteiger partial charge in [-0.3, -0.25) is 0 Å². The topological polar surface area (TPSA) is 12.0 Å². The smallest absolute Gasteiger partial charge is 0.0443 e. The molecule has 0 amide bonds. The van der Waals surface area contributed by atoms with Crippen LogP contribution in [0.1, 0.15) is 54.0 Å². The maximum Gasteiger partial charge on any atom is 0.0443 e. The molecule has 1 N–H and O–H groups in total. The van der Waals surface area contributed by atoms with Crippen molar-refractivity contribution in [1.82, 2.24) is 5.32 Å². The van der Waals surface area contributed by atoms with Crippen LogP contribution in [0, 0.1) is 5.92 Å². The highest BCUT2D eigenvalue weighted by molar-refractivity contribution is 7.12. The Morgan fingerprint density at radius 1 is 1.38 bits per heavy atom. The Morgan fingerprint density at radius 3 is 2.88 bits per heavy atom. The fourth-order valence-electron chi connectivity index (χ4n) is 2.82. The highest BCUT2D eigenvalue weighted by atomic mass is 32.1. The lowest BCUT2D eigenvalue weighted by Crippen LogP contribution is -2.21. The Morgan fingerprint density at radius 2 is 2.19 bits per heavy atom. The molecule has 1 unspecified atom stereocenters. The maximum absolute atomic E-state index is 3.68. The van der Waals surface area contributed by atoms with Gasteiger partial charge in [-0.05, 0) is 62.6 Å². The van der Waals surface area contributed by atoms with Crippen LogP contribution in [0.4, 0.5) is 0 Å². The second-order valence-electron chi connectivity index (χ2n) is 5.18. The van der Waals surface area contributed by atoms with Crippen LogP contribution in [0.25, 0.3) is 0 Å². The van der Waals surface area contributed by atoms with E-state index < -0.39 is 0 Å². The molecule has 2 heteroatoms. The summed E-state index contributed by atoms with van der Waals surface area (Å²) in [6.45, 7) is 3.33. The molecule has 0 saturated heterocycles. The molecule has 0 bridgehead atoms. The van der Waals surface area contributed by atoms with Gasteiger partial charge in [-0.1, -0.05) is 6.92 Å². The molecule has 16 heavy (non-hydrogen) atoms. The predicted molar refractivity (Wildman–Crippen MR) is 70.1 cm³/mol. The van der Waals surface area contributed by atoms with Gasteiger partial charge in [-0.2, -0.15) is 0 Å². The van der Waals surface area contributed by atoms with Gasteiger partial charge in [0.2, 0.25) is 0 Å². The van der Waals surface area contributed by atoms with Crippen LogP contribution >= 0.6 is 11.3 Å². The van der Waals surface area contributed by atoms with Gasteiger partial charge < -0.3 is 5.32 Å². The van der Waals surface area contributed by atoms with Crippen LogP contribution in [0.3, 0.4) is 0 Å². The van der Waals surface area contributed by atoms with Gasteiger partial charge in [0, 0.05) is 15.8 Å². The van der Waals surface area contributed by atoms with Crippen LogP contribution in [-0.2, 0) is 12.8 Å². The minimum atomic E-state index is 0.667. The summed E-state index contributed by atoms with van der Waals surface area (Å²) in [5.74, 6) is 0.931. The quantitative estimate of drug-likeness (QED) is 0.839. The molecule has 0 radical (unpaired) electrons. The number of aryl methyl sites for hydroxylation is 2. The first kappa shape index (κ1) is 10.8. The molecule has 0 aliphatic heterocycles. The Hall–Kier alpha value is -0.340. The zero-order valence-corrected chi connectivity index (χ0v) is 10.9. The molecule has 2 aliphatic carbocycles. The van der Waals surface area contributed by atoms with Crippen LogP contribution in [0.5, 0.6) is 0 Å². The molecule has 1 atom stereocenters. The zero-order chi connectivity index (χ0) is 11.0. The van der Waals surface area contributed by atoms with E-state index in [-0.39, 0.29) is 0 Å². The van der Waals surface area contributed by atoms with E-state index in [1.165, 1.54) is 38.5 Å². The SMILES string of the molecule is CCNC(c1cc2c(s1)CCCC2)C1CC1. The molecule has 0 aromatic carbocycles. The molecule has 1 nitrogen and oxygen atoms in total. The van der Waals surface area contributed by atoms with Gasteiger partial charge in [0.25, 0.3) is 0 Å². The predicted octanol–water partition coefficient (Wildman–Crippen LogP) is 3.69. The normalized spacial score (nSPS) is 21.8. The lowest BCUT2D eigenvalue weighted by Gasteiger charge is -2.15. The summed E-state index contributed by atoms with van der Waals surface area (Å²) in [4.78, 5) is 3.31. The number of hydrogen-bond donors (Lipinski definition) is 1. The summed E-state index contributed by atoms with van der Waals surface area (Å²) < 4.78 is 0. The number of nitrogens with one attached hydrogen (secondary N) is 1. The molecular formula is C14H21NS. The lowest BCUT2D eigenvalue weighted by molar-refractivity contribution is 0.503. The average Bonchev–Trinajstić information content (AvgIpc) is 3.04. The average molecular weight is 235 g/mol. The summed E-state index contributed by atoms with van der Waals surface area (Å²) in [5.41, 5.74) is 1.66. The molecule has 1 aromatic rings. The minimum Gasteiger partial charge on any atom is -0.309 e. The Kier molecular flexibility index (Phi) is 3.03. The van der Waals surface area contributed by atoms with E-state index in [0.717, 1.165) is 12.5 Å². The number of hydrogen-bond acceptors (Lipinski definition) is 2. The van der Waals surface area contributed by atoms with E-state index in [1.807, 2.05) is 0 Å². The highest BCUT2D eigenvalue weighted by Crippen LogP contribution is 2.44. The first-order valence-corrected chi connectivity index (χ1v) is 7.55. The van der Waals surface area contributed by atoms with Crippen molar-refractivity contribution in [3.63, 3.8) is 0 Å². The summed E-state index contributed by atoms with van der Waals surface area (Å²) in [5, 5.41) is 3.68. The summed E-state index contributed by atoms with van der Waals surface area (Å²) in [6.07, 6.45) is 8.33. The first-order chi connectivity index (χ1) is 7.88. The Balaban J connectivity index is 1.83. The fourth-order valence-corrected chi connectivity index (χ4v) is 4.24. The molecule has 1 fully saturated rings. The Labute approximate surface area is 102 Å². The standard InChI is InChI=1S/C14H21NS/c1-2-15-14(10-7-8-10)13-9-11-5-3-4-6-12(11)16-13/h9-10,14-15H,2-8H2,1H3. The number of thiophene rings is 1. The first-order valence-electron chi connectivity index (χ1n) is 6.73. The van der Waals surface area contributed by atoms with Crippen LogP contribution in [0.15, 0.2) is 6.07 Å². The summed E-state index contributed by atoms with van der Waals surface area (Å²) in [7, 11) is 0. The monoisotopic (exact) mass is 235 g/mol. The minimum absolute atomic E-state index is 0.667. The van der Waals surface area contributed by atoms with Gasteiger partial charge >= 0.3 is 0 Å². The van der Waals surface area contributed by atoms with Gasteiger partial charge in [0.1, 0.15) is 0 Å². The van der Waals surface area contributed by atoms with E-state index in [2.05, 4.69) is 29.6 Å². The van der Waals surface area contributed by atoms with E-state index >= 15 is 0 Å².